The summed E-state index contributed by atoms with van der Waals surface area (Å²) in [5, 5.41) is 3.70. The lowest BCUT2D eigenvalue weighted by atomic mass is 10.1. The predicted octanol–water partition coefficient (Wildman–Crippen LogP) is 5.52. The molecule has 1 saturated heterocycles. The maximum atomic E-state index is 13.2. The second-order valence-electron chi connectivity index (χ2n) is 8.18. The quantitative estimate of drug-likeness (QED) is 0.368. The first kappa shape index (κ1) is 21.5. The fourth-order valence-electron chi connectivity index (χ4n) is 4.14. The molecule has 1 N–H and O–H groups in total. The number of rotatable bonds is 7. The molecule has 7 heteroatoms. The number of fused-ring (bicyclic) bond motifs is 1. The number of amides is 1. The molecule has 5 nitrogen and oxygen atoms in total. The van der Waals surface area contributed by atoms with E-state index in [1.807, 2.05) is 48.5 Å². The molecule has 1 atom stereocenters. The topological polar surface area (TPSA) is 58.4 Å². The summed E-state index contributed by atoms with van der Waals surface area (Å²) >= 11 is 1.48. The summed E-state index contributed by atoms with van der Waals surface area (Å²) in [6, 6.07) is 21.9. The van der Waals surface area contributed by atoms with Crippen LogP contribution in [0, 0.1) is 11.7 Å². The van der Waals surface area contributed by atoms with Crippen LogP contribution in [-0.2, 0) is 5.75 Å². The third-order valence-electron chi connectivity index (χ3n) is 5.92. The van der Waals surface area contributed by atoms with Gasteiger partial charge in [-0.15, -0.1) is 0 Å². The molecule has 1 aliphatic rings. The van der Waals surface area contributed by atoms with E-state index in [4.69, 9.17) is 4.42 Å². The molecule has 1 amide bonds. The van der Waals surface area contributed by atoms with E-state index in [0.29, 0.717) is 29.0 Å². The van der Waals surface area contributed by atoms with Crippen molar-refractivity contribution < 1.29 is 13.6 Å². The summed E-state index contributed by atoms with van der Waals surface area (Å²) < 4.78 is 19.0. The van der Waals surface area contributed by atoms with Crippen molar-refractivity contribution in [2.75, 3.05) is 24.5 Å². The highest BCUT2D eigenvalue weighted by molar-refractivity contribution is 7.98. The highest BCUT2D eigenvalue weighted by atomic mass is 32.2. The number of benzene rings is 3. The van der Waals surface area contributed by atoms with Gasteiger partial charge in [0.05, 0.1) is 0 Å². The average Bonchev–Trinajstić information content (AvgIpc) is 3.49. The van der Waals surface area contributed by atoms with Crippen molar-refractivity contribution in [3.05, 3.63) is 89.7 Å². The maximum absolute atomic E-state index is 13.2. The lowest BCUT2D eigenvalue weighted by molar-refractivity contribution is 0.0947. The van der Waals surface area contributed by atoms with Crippen molar-refractivity contribution in [2.24, 2.45) is 5.92 Å². The summed E-state index contributed by atoms with van der Waals surface area (Å²) in [4.78, 5) is 19.7. The molecule has 1 aliphatic heterocycles. The normalized spacial score (nSPS) is 15.8. The van der Waals surface area contributed by atoms with Gasteiger partial charge < -0.3 is 14.6 Å². The van der Waals surface area contributed by atoms with E-state index in [1.165, 1.54) is 23.9 Å². The van der Waals surface area contributed by atoms with Gasteiger partial charge in [-0.25, -0.2) is 9.37 Å². The van der Waals surface area contributed by atoms with Crippen molar-refractivity contribution >= 4 is 34.5 Å². The Kier molecular flexibility index (Phi) is 6.30. The van der Waals surface area contributed by atoms with Crippen LogP contribution in [0.25, 0.3) is 11.1 Å². The summed E-state index contributed by atoms with van der Waals surface area (Å²) in [6.45, 7) is 2.37. The lowest BCUT2D eigenvalue weighted by Gasteiger charge is -2.19. The molecular formula is C26H24FN3O2S. The Morgan fingerprint density at radius 3 is 2.73 bits per heavy atom. The van der Waals surface area contributed by atoms with Gasteiger partial charge in [-0.1, -0.05) is 42.1 Å². The smallest absolute Gasteiger partial charge is 0.257 e. The predicted molar refractivity (Wildman–Crippen MR) is 129 cm³/mol. The summed E-state index contributed by atoms with van der Waals surface area (Å²) in [5.41, 5.74) is 4.23. The molecule has 1 unspecified atom stereocenters. The number of thioether (sulfide) groups is 1. The third kappa shape index (κ3) is 5.03. The third-order valence-corrected chi connectivity index (χ3v) is 6.79. The molecule has 4 aromatic rings. The van der Waals surface area contributed by atoms with Crippen LogP contribution in [0.2, 0.25) is 0 Å². The Balaban J connectivity index is 1.17. The highest BCUT2D eigenvalue weighted by Gasteiger charge is 2.23. The van der Waals surface area contributed by atoms with Crippen LogP contribution in [0.4, 0.5) is 10.1 Å². The number of oxazole rings is 1. The fraction of sp³-hybridized carbons (Fsp3) is 0.231. The molecule has 0 saturated carbocycles. The minimum Gasteiger partial charge on any atom is -0.431 e. The van der Waals surface area contributed by atoms with Gasteiger partial charge in [0.15, 0.2) is 5.58 Å². The first-order chi connectivity index (χ1) is 16.2. The molecule has 2 heterocycles. The van der Waals surface area contributed by atoms with Crippen LogP contribution in [0.1, 0.15) is 22.3 Å². The van der Waals surface area contributed by atoms with E-state index in [1.54, 1.807) is 12.1 Å². The van der Waals surface area contributed by atoms with Crippen LogP contribution in [0.3, 0.4) is 0 Å². The number of hydrogen-bond acceptors (Lipinski definition) is 5. The van der Waals surface area contributed by atoms with Gasteiger partial charge >= 0.3 is 0 Å². The summed E-state index contributed by atoms with van der Waals surface area (Å²) in [6.07, 6.45) is 0.993. The molecule has 1 fully saturated rings. The van der Waals surface area contributed by atoms with Gasteiger partial charge in [-0.05, 0) is 60.4 Å². The lowest BCUT2D eigenvalue weighted by Crippen LogP contribution is -2.31. The zero-order valence-electron chi connectivity index (χ0n) is 18.0. The second-order valence-corrected chi connectivity index (χ2v) is 9.11. The van der Waals surface area contributed by atoms with E-state index < -0.39 is 0 Å². The number of carbonyl (C=O) groups excluding carboxylic acids is 1. The Hall–Kier alpha value is -3.32. The first-order valence-corrected chi connectivity index (χ1v) is 12.0. The summed E-state index contributed by atoms with van der Waals surface area (Å²) in [5.74, 6) is 0.664. The van der Waals surface area contributed by atoms with E-state index in [2.05, 4.69) is 15.2 Å². The molecule has 3 aromatic carbocycles. The van der Waals surface area contributed by atoms with Crippen LogP contribution in [-0.4, -0.2) is 30.5 Å². The fourth-order valence-corrected chi connectivity index (χ4v) is 4.98. The SMILES string of the molecule is O=C(NCC1CCN(c2ccc(F)cc2)C1)c1ccccc1CSc1nc2ccccc2o1. The van der Waals surface area contributed by atoms with Gasteiger partial charge in [-0.2, -0.15) is 0 Å². The van der Waals surface area contributed by atoms with E-state index >= 15 is 0 Å². The van der Waals surface area contributed by atoms with E-state index in [0.717, 1.165) is 41.9 Å². The monoisotopic (exact) mass is 461 g/mol. The van der Waals surface area contributed by atoms with Gasteiger partial charge in [0, 0.05) is 36.6 Å². The van der Waals surface area contributed by atoms with Crippen LogP contribution in [0.15, 0.2) is 82.4 Å². The van der Waals surface area contributed by atoms with E-state index in [9.17, 15) is 9.18 Å². The number of aromatic nitrogens is 1. The molecule has 1 aromatic heterocycles. The van der Waals surface area contributed by atoms with Gasteiger partial charge in [-0.3, -0.25) is 4.79 Å². The molecule has 0 bridgehead atoms. The molecule has 5 rings (SSSR count). The Labute approximate surface area is 196 Å². The number of para-hydroxylation sites is 2. The molecule has 0 aliphatic carbocycles. The number of carbonyl (C=O) groups is 1. The molecule has 0 spiro atoms. The summed E-state index contributed by atoms with van der Waals surface area (Å²) in [7, 11) is 0. The standard InChI is InChI=1S/C26H24FN3O2S/c27-20-9-11-21(12-10-20)30-14-13-18(16-30)15-28-25(31)22-6-2-1-5-19(22)17-33-26-29-23-7-3-4-8-24(23)32-26/h1-12,18H,13-17H2,(H,28,31). The average molecular weight is 462 g/mol. The molecular weight excluding hydrogens is 437 g/mol. The van der Waals surface area contributed by atoms with Crippen molar-refractivity contribution in [3.8, 4) is 0 Å². The van der Waals surface area contributed by atoms with Crippen molar-refractivity contribution in [1.82, 2.24) is 10.3 Å². The number of hydrogen-bond donors (Lipinski definition) is 1. The molecule has 168 valence electrons. The first-order valence-electron chi connectivity index (χ1n) is 11.0. The Bertz CT molecular complexity index is 1220. The van der Waals surface area contributed by atoms with Gasteiger partial charge in [0.1, 0.15) is 11.3 Å². The minimum atomic E-state index is -0.227. The van der Waals surface area contributed by atoms with Gasteiger partial charge in [0.2, 0.25) is 0 Å². The highest BCUT2D eigenvalue weighted by Crippen LogP contribution is 2.28. The Morgan fingerprint density at radius 1 is 1.09 bits per heavy atom. The van der Waals surface area contributed by atoms with Gasteiger partial charge in [0.25, 0.3) is 11.1 Å². The Morgan fingerprint density at radius 2 is 1.88 bits per heavy atom. The zero-order valence-corrected chi connectivity index (χ0v) is 18.9. The van der Waals surface area contributed by atoms with Crippen molar-refractivity contribution in [2.45, 2.75) is 17.4 Å². The zero-order chi connectivity index (χ0) is 22.6. The van der Waals surface area contributed by atoms with Crippen molar-refractivity contribution in [3.63, 3.8) is 0 Å². The van der Waals surface area contributed by atoms with E-state index in [-0.39, 0.29) is 11.7 Å². The van der Waals surface area contributed by atoms with Crippen molar-refractivity contribution in [1.29, 1.82) is 0 Å². The largest absolute Gasteiger partial charge is 0.431 e. The number of nitrogens with zero attached hydrogens (tertiary/aromatic N) is 2. The molecule has 33 heavy (non-hydrogen) atoms. The number of nitrogens with one attached hydrogen (secondary N) is 1. The number of anilines is 1. The van der Waals surface area contributed by atoms with Crippen LogP contribution in [0.5, 0.6) is 0 Å². The molecule has 0 radical (unpaired) electrons. The minimum absolute atomic E-state index is 0.0657. The second kappa shape index (κ2) is 9.67. The van der Waals surface area contributed by atoms with Crippen LogP contribution < -0.4 is 10.2 Å². The van der Waals surface area contributed by atoms with Crippen LogP contribution >= 0.6 is 11.8 Å². The number of halogens is 1. The maximum Gasteiger partial charge on any atom is 0.257 e.